The van der Waals surface area contributed by atoms with Gasteiger partial charge in [0, 0.05) is 39.4 Å². The van der Waals surface area contributed by atoms with Gasteiger partial charge in [-0.3, -0.25) is 9.59 Å². The molecule has 0 radical (unpaired) electrons. The number of hydrogen-bond acceptors (Lipinski definition) is 3. The number of ketones is 1. The number of carbonyl (C=O) groups excluding carboxylic acids is 2. The van der Waals surface area contributed by atoms with Crippen molar-refractivity contribution in [3.05, 3.63) is 12.7 Å². The highest BCUT2D eigenvalue weighted by molar-refractivity contribution is 5.93. The summed E-state index contributed by atoms with van der Waals surface area (Å²) in [4.78, 5) is 25.5. The predicted octanol–water partition coefficient (Wildman–Crippen LogP) is 0.978. The molecular formula is C13H22N2O2. The number of amides is 1. The van der Waals surface area contributed by atoms with Crippen LogP contribution in [0.25, 0.3) is 0 Å². The van der Waals surface area contributed by atoms with Crippen LogP contribution in [0.4, 0.5) is 0 Å². The molecule has 4 nitrogen and oxygen atoms in total. The zero-order valence-electron chi connectivity index (χ0n) is 11.0. The number of likely N-dealkylation sites (N-methyl/N-ethyl adjacent to an activating group) is 1. The van der Waals surface area contributed by atoms with Crippen molar-refractivity contribution in [1.82, 2.24) is 10.2 Å². The summed E-state index contributed by atoms with van der Waals surface area (Å²) in [5.41, 5.74) is -0.686. The topological polar surface area (TPSA) is 49.4 Å². The number of allylic oxidation sites excluding steroid dienone is 1. The fourth-order valence-electron chi connectivity index (χ4n) is 2.72. The number of carbonyl (C=O) groups is 2. The van der Waals surface area contributed by atoms with Crippen molar-refractivity contribution in [3.63, 3.8) is 0 Å². The molecule has 0 aromatic rings. The van der Waals surface area contributed by atoms with E-state index in [1.54, 1.807) is 11.9 Å². The highest BCUT2D eigenvalue weighted by Crippen LogP contribution is 2.33. The minimum absolute atomic E-state index is 0.0652. The van der Waals surface area contributed by atoms with Crippen molar-refractivity contribution in [2.45, 2.75) is 32.2 Å². The van der Waals surface area contributed by atoms with Crippen LogP contribution in [0.15, 0.2) is 12.7 Å². The molecule has 4 heteroatoms. The lowest BCUT2D eigenvalue weighted by Crippen LogP contribution is -2.59. The predicted molar refractivity (Wildman–Crippen MR) is 67.6 cm³/mol. The van der Waals surface area contributed by atoms with Crippen LogP contribution in [0, 0.1) is 5.92 Å². The maximum absolute atomic E-state index is 12.3. The smallest absolute Gasteiger partial charge is 0.220 e. The van der Waals surface area contributed by atoms with Crippen LogP contribution in [-0.2, 0) is 9.59 Å². The lowest BCUT2D eigenvalue weighted by Gasteiger charge is -2.40. The van der Waals surface area contributed by atoms with E-state index >= 15 is 0 Å². The maximum Gasteiger partial charge on any atom is 0.220 e. The molecule has 1 rings (SSSR count). The lowest BCUT2D eigenvalue weighted by atomic mass is 9.78. The Bertz CT molecular complexity index is 327. The van der Waals surface area contributed by atoms with Crippen LogP contribution in [0.1, 0.15) is 26.7 Å². The van der Waals surface area contributed by atoms with Gasteiger partial charge in [0.25, 0.3) is 0 Å². The molecule has 2 atom stereocenters. The van der Waals surface area contributed by atoms with Crippen molar-refractivity contribution in [2.24, 2.45) is 5.92 Å². The highest BCUT2D eigenvalue weighted by atomic mass is 16.2. The van der Waals surface area contributed by atoms with Gasteiger partial charge in [-0.1, -0.05) is 13.0 Å². The van der Waals surface area contributed by atoms with Crippen molar-refractivity contribution >= 4 is 11.7 Å². The standard InChI is InChI=1S/C13H22N2O2/c1-5-7-11-8-14-9-13(11,12(17)6-2)15(4)10(3)16/h5,11,14H,1,6-9H2,2-4H3/t11-,13-/m0/s1. The molecule has 1 N–H and O–H groups in total. The molecule has 0 saturated carbocycles. The summed E-state index contributed by atoms with van der Waals surface area (Å²) in [7, 11) is 1.72. The third-order valence-corrected chi connectivity index (χ3v) is 3.79. The number of rotatable bonds is 5. The molecule has 0 bridgehead atoms. The molecule has 0 spiro atoms. The van der Waals surface area contributed by atoms with E-state index in [0.29, 0.717) is 13.0 Å². The molecule has 1 aliphatic rings. The van der Waals surface area contributed by atoms with E-state index in [0.717, 1.165) is 13.0 Å². The molecule has 1 saturated heterocycles. The van der Waals surface area contributed by atoms with Gasteiger partial charge in [0.1, 0.15) is 5.54 Å². The Morgan fingerprint density at radius 1 is 1.59 bits per heavy atom. The zero-order valence-corrected chi connectivity index (χ0v) is 11.0. The van der Waals surface area contributed by atoms with E-state index in [1.807, 2.05) is 13.0 Å². The van der Waals surface area contributed by atoms with Crippen LogP contribution in [0.3, 0.4) is 0 Å². The highest BCUT2D eigenvalue weighted by Gasteiger charge is 2.51. The molecule has 0 aromatic carbocycles. The number of nitrogens with zero attached hydrogens (tertiary/aromatic N) is 1. The number of Topliss-reactive ketones (excluding diaryl/α,β-unsaturated/α-hetero) is 1. The first kappa shape index (κ1) is 13.9. The average molecular weight is 238 g/mol. The van der Waals surface area contributed by atoms with Crippen LogP contribution < -0.4 is 5.32 Å². The minimum Gasteiger partial charge on any atom is -0.332 e. The first-order valence-electron chi connectivity index (χ1n) is 6.10. The summed E-state index contributed by atoms with van der Waals surface area (Å²) in [5, 5.41) is 3.24. The molecule has 96 valence electrons. The van der Waals surface area contributed by atoms with E-state index in [2.05, 4.69) is 11.9 Å². The van der Waals surface area contributed by atoms with Gasteiger partial charge < -0.3 is 10.2 Å². The summed E-state index contributed by atoms with van der Waals surface area (Å²) in [6, 6.07) is 0. The van der Waals surface area contributed by atoms with Crippen LogP contribution in [-0.4, -0.2) is 42.3 Å². The summed E-state index contributed by atoms with van der Waals surface area (Å²) < 4.78 is 0. The molecule has 0 aromatic heterocycles. The van der Waals surface area contributed by atoms with Crippen LogP contribution in [0.2, 0.25) is 0 Å². The summed E-state index contributed by atoms with van der Waals surface area (Å²) >= 11 is 0. The summed E-state index contributed by atoms with van der Waals surface area (Å²) in [6.45, 7) is 8.40. The fourth-order valence-corrected chi connectivity index (χ4v) is 2.72. The van der Waals surface area contributed by atoms with E-state index < -0.39 is 5.54 Å². The molecule has 1 heterocycles. The van der Waals surface area contributed by atoms with Crippen LogP contribution in [0.5, 0.6) is 0 Å². The second kappa shape index (κ2) is 5.45. The molecule has 0 aliphatic carbocycles. The van der Waals surface area contributed by atoms with E-state index in [1.165, 1.54) is 6.92 Å². The van der Waals surface area contributed by atoms with E-state index in [9.17, 15) is 9.59 Å². The molecule has 1 amide bonds. The van der Waals surface area contributed by atoms with Gasteiger partial charge in [0.2, 0.25) is 5.91 Å². The zero-order chi connectivity index (χ0) is 13.1. The molecule has 0 unspecified atom stereocenters. The normalized spacial score (nSPS) is 27.8. The molecular weight excluding hydrogens is 216 g/mol. The van der Waals surface area contributed by atoms with Gasteiger partial charge in [0.15, 0.2) is 5.78 Å². The Morgan fingerprint density at radius 2 is 2.24 bits per heavy atom. The van der Waals surface area contributed by atoms with Gasteiger partial charge in [-0.25, -0.2) is 0 Å². The van der Waals surface area contributed by atoms with Gasteiger partial charge in [-0.05, 0) is 6.42 Å². The minimum atomic E-state index is -0.686. The molecule has 1 aliphatic heterocycles. The number of nitrogens with one attached hydrogen (secondary N) is 1. The van der Waals surface area contributed by atoms with E-state index in [-0.39, 0.29) is 17.6 Å². The Hall–Kier alpha value is -1.16. The van der Waals surface area contributed by atoms with Gasteiger partial charge >= 0.3 is 0 Å². The largest absolute Gasteiger partial charge is 0.332 e. The van der Waals surface area contributed by atoms with Crippen molar-refractivity contribution in [2.75, 3.05) is 20.1 Å². The third kappa shape index (κ3) is 2.27. The second-order valence-corrected chi connectivity index (χ2v) is 4.63. The van der Waals surface area contributed by atoms with Crippen molar-refractivity contribution in [1.29, 1.82) is 0 Å². The fraction of sp³-hybridized carbons (Fsp3) is 0.692. The van der Waals surface area contributed by atoms with Crippen molar-refractivity contribution in [3.8, 4) is 0 Å². The molecule has 1 fully saturated rings. The quantitative estimate of drug-likeness (QED) is 0.726. The monoisotopic (exact) mass is 238 g/mol. The van der Waals surface area contributed by atoms with Gasteiger partial charge in [-0.2, -0.15) is 0 Å². The van der Waals surface area contributed by atoms with E-state index in [4.69, 9.17) is 0 Å². The Balaban J connectivity index is 3.12. The third-order valence-electron chi connectivity index (χ3n) is 3.79. The molecule has 17 heavy (non-hydrogen) atoms. The Labute approximate surface area is 103 Å². The lowest BCUT2D eigenvalue weighted by molar-refractivity contribution is -0.144. The first-order valence-corrected chi connectivity index (χ1v) is 6.10. The maximum atomic E-state index is 12.3. The summed E-state index contributed by atoms with van der Waals surface area (Å²) in [5.74, 6) is 0.193. The SMILES string of the molecule is C=CC[C@H]1CNC[C@]1(C(=O)CC)N(C)C(C)=O. The average Bonchev–Trinajstić information content (AvgIpc) is 2.72. The van der Waals surface area contributed by atoms with Gasteiger partial charge in [0.05, 0.1) is 0 Å². The Kier molecular flexibility index (Phi) is 4.46. The first-order chi connectivity index (χ1) is 8.00. The van der Waals surface area contributed by atoms with Crippen molar-refractivity contribution < 1.29 is 9.59 Å². The number of hydrogen-bond donors (Lipinski definition) is 1. The van der Waals surface area contributed by atoms with Crippen LogP contribution >= 0.6 is 0 Å². The summed E-state index contributed by atoms with van der Waals surface area (Å²) in [6.07, 6.45) is 3.02. The van der Waals surface area contributed by atoms with Gasteiger partial charge in [-0.15, -0.1) is 6.58 Å². The Morgan fingerprint density at radius 3 is 2.71 bits per heavy atom. The second-order valence-electron chi connectivity index (χ2n) is 4.63.